The molecule has 1 saturated heterocycles. The minimum Gasteiger partial charge on any atom is -0.372 e. The van der Waals surface area contributed by atoms with E-state index in [1.165, 1.54) is 38.5 Å². The van der Waals surface area contributed by atoms with Gasteiger partial charge in [0.2, 0.25) is 0 Å². The molecule has 2 nitrogen and oxygen atoms in total. The summed E-state index contributed by atoms with van der Waals surface area (Å²) < 4.78 is 6.16. The summed E-state index contributed by atoms with van der Waals surface area (Å²) in [6.07, 6.45) is 7.30. The minimum absolute atomic E-state index is 0. The molecule has 1 atom stereocenters. The molecule has 1 rings (SSSR count). The molecule has 104 valence electrons. The van der Waals surface area contributed by atoms with Crippen LogP contribution in [0.5, 0.6) is 0 Å². The molecular weight excluding hydrogens is 234 g/mol. The average Bonchev–Trinajstić information content (AvgIpc) is 2.24. The predicted octanol–water partition coefficient (Wildman–Crippen LogP) is 3.93. The van der Waals surface area contributed by atoms with E-state index in [4.69, 9.17) is 4.74 Å². The van der Waals surface area contributed by atoms with Gasteiger partial charge in [-0.05, 0) is 26.2 Å². The van der Waals surface area contributed by atoms with Crippen molar-refractivity contribution in [2.24, 2.45) is 0 Å². The van der Waals surface area contributed by atoms with Crippen molar-refractivity contribution in [1.29, 1.82) is 0 Å². The number of rotatable bonds is 6. The molecule has 0 aromatic heterocycles. The van der Waals surface area contributed by atoms with Crippen LogP contribution in [0.25, 0.3) is 0 Å². The van der Waals surface area contributed by atoms with E-state index in [9.17, 15) is 0 Å². The Morgan fingerprint density at radius 1 is 1.00 bits per heavy atom. The van der Waals surface area contributed by atoms with Gasteiger partial charge in [-0.2, -0.15) is 0 Å². The number of hydrogen-bond acceptors (Lipinski definition) is 2. The van der Waals surface area contributed by atoms with Gasteiger partial charge in [0.25, 0.3) is 0 Å². The lowest BCUT2D eigenvalue weighted by atomic mass is 9.71. The first-order valence-electron chi connectivity index (χ1n) is 7.03. The van der Waals surface area contributed by atoms with Crippen molar-refractivity contribution >= 4 is 12.4 Å². The fourth-order valence-corrected chi connectivity index (χ4v) is 3.36. The maximum absolute atomic E-state index is 6.16. The number of nitrogens with one attached hydrogen (secondary N) is 1. The zero-order valence-corrected chi connectivity index (χ0v) is 12.8. The number of hydrogen-bond donors (Lipinski definition) is 1. The second-order valence-electron chi connectivity index (χ2n) is 5.34. The van der Waals surface area contributed by atoms with Gasteiger partial charge in [0.15, 0.2) is 0 Å². The van der Waals surface area contributed by atoms with E-state index in [1.54, 1.807) is 0 Å². The van der Waals surface area contributed by atoms with Gasteiger partial charge >= 0.3 is 0 Å². The van der Waals surface area contributed by atoms with Crippen LogP contribution in [-0.2, 0) is 4.74 Å². The van der Waals surface area contributed by atoms with Gasteiger partial charge < -0.3 is 10.1 Å². The van der Waals surface area contributed by atoms with Crippen LogP contribution in [0.1, 0.15) is 66.2 Å². The summed E-state index contributed by atoms with van der Waals surface area (Å²) in [5.74, 6) is 0. The van der Waals surface area contributed by atoms with Crippen LogP contribution in [0.4, 0.5) is 0 Å². The van der Waals surface area contributed by atoms with Gasteiger partial charge in [-0.3, -0.25) is 0 Å². The summed E-state index contributed by atoms with van der Waals surface area (Å²) in [6.45, 7) is 11.0. The Morgan fingerprint density at radius 3 is 2.00 bits per heavy atom. The Bertz CT molecular complexity index is 195. The quantitative estimate of drug-likeness (QED) is 0.784. The third-order valence-electron chi connectivity index (χ3n) is 4.08. The standard InChI is InChI=1S/C14H29NO.ClH/c1-5-8-13(4)14(9-6-2,10-7-3)15-11-12-16-13;/h15H,5-12H2,1-4H3;1H. The third kappa shape index (κ3) is 3.59. The fourth-order valence-electron chi connectivity index (χ4n) is 3.36. The van der Waals surface area contributed by atoms with Crippen LogP contribution in [0.3, 0.4) is 0 Å². The largest absolute Gasteiger partial charge is 0.372 e. The number of morpholine rings is 1. The van der Waals surface area contributed by atoms with Gasteiger partial charge in [0.1, 0.15) is 0 Å². The molecule has 0 radical (unpaired) electrons. The monoisotopic (exact) mass is 263 g/mol. The van der Waals surface area contributed by atoms with E-state index < -0.39 is 0 Å². The SMILES string of the molecule is CCCC1(CCC)NCCOC1(C)CCC.Cl. The lowest BCUT2D eigenvalue weighted by Crippen LogP contribution is -2.66. The lowest BCUT2D eigenvalue weighted by molar-refractivity contribution is -0.138. The van der Waals surface area contributed by atoms with Crippen molar-refractivity contribution in [1.82, 2.24) is 5.32 Å². The van der Waals surface area contributed by atoms with Crippen LogP contribution in [0, 0.1) is 0 Å². The Kier molecular flexibility index (Phi) is 7.70. The van der Waals surface area contributed by atoms with Crippen molar-refractivity contribution in [3.8, 4) is 0 Å². The summed E-state index contributed by atoms with van der Waals surface area (Å²) in [5, 5.41) is 3.78. The van der Waals surface area contributed by atoms with Gasteiger partial charge in [-0.15, -0.1) is 12.4 Å². The molecule has 0 aromatic rings. The molecule has 3 heteroatoms. The first-order chi connectivity index (χ1) is 7.64. The van der Waals surface area contributed by atoms with Crippen LogP contribution in [0.2, 0.25) is 0 Å². The van der Waals surface area contributed by atoms with E-state index in [1.807, 2.05) is 0 Å². The maximum Gasteiger partial charge on any atom is 0.0835 e. The smallest absolute Gasteiger partial charge is 0.0835 e. The van der Waals surface area contributed by atoms with Crippen molar-refractivity contribution in [2.75, 3.05) is 13.2 Å². The molecule has 1 aliphatic heterocycles. The van der Waals surface area contributed by atoms with Crippen LogP contribution in [-0.4, -0.2) is 24.3 Å². The molecule has 1 unspecified atom stereocenters. The van der Waals surface area contributed by atoms with Gasteiger partial charge in [0, 0.05) is 12.1 Å². The van der Waals surface area contributed by atoms with Crippen molar-refractivity contribution < 1.29 is 4.74 Å². The lowest BCUT2D eigenvalue weighted by Gasteiger charge is -2.53. The highest BCUT2D eigenvalue weighted by Crippen LogP contribution is 2.39. The van der Waals surface area contributed by atoms with E-state index in [-0.39, 0.29) is 23.5 Å². The van der Waals surface area contributed by atoms with E-state index >= 15 is 0 Å². The van der Waals surface area contributed by atoms with Crippen LogP contribution < -0.4 is 5.32 Å². The Labute approximate surface area is 113 Å². The zero-order chi connectivity index (χ0) is 12.1. The fraction of sp³-hybridized carbons (Fsp3) is 1.00. The molecule has 17 heavy (non-hydrogen) atoms. The summed E-state index contributed by atoms with van der Waals surface area (Å²) in [4.78, 5) is 0. The van der Waals surface area contributed by atoms with Gasteiger partial charge in [-0.1, -0.05) is 40.0 Å². The first-order valence-corrected chi connectivity index (χ1v) is 7.03. The van der Waals surface area contributed by atoms with Crippen molar-refractivity contribution in [3.63, 3.8) is 0 Å². The highest BCUT2D eigenvalue weighted by Gasteiger charge is 2.48. The molecule has 1 aliphatic rings. The Balaban J connectivity index is 0.00000256. The average molecular weight is 264 g/mol. The molecule has 1 heterocycles. The van der Waals surface area contributed by atoms with Gasteiger partial charge in [-0.25, -0.2) is 0 Å². The molecule has 0 bridgehead atoms. The molecule has 0 amide bonds. The van der Waals surface area contributed by atoms with Crippen LogP contribution >= 0.6 is 12.4 Å². The molecular formula is C14H30ClNO. The van der Waals surface area contributed by atoms with E-state index in [2.05, 4.69) is 33.0 Å². The van der Waals surface area contributed by atoms with E-state index in [0.29, 0.717) is 0 Å². The minimum atomic E-state index is 0. The zero-order valence-electron chi connectivity index (χ0n) is 12.0. The summed E-state index contributed by atoms with van der Waals surface area (Å²) in [7, 11) is 0. The third-order valence-corrected chi connectivity index (χ3v) is 4.08. The molecule has 0 aliphatic carbocycles. The number of halogens is 1. The Hall–Kier alpha value is 0.210. The molecule has 0 saturated carbocycles. The second kappa shape index (κ2) is 7.60. The van der Waals surface area contributed by atoms with Crippen LogP contribution in [0.15, 0.2) is 0 Å². The van der Waals surface area contributed by atoms with Crippen molar-refractivity contribution in [2.45, 2.75) is 77.4 Å². The van der Waals surface area contributed by atoms with E-state index in [0.717, 1.165) is 13.2 Å². The summed E-state index contributed by atoms with van der Waals surface area (Å²) in [6, 6.07) is 0. The second-order valence-corrected chi connectivity index (χ2v) is 5.34. The van der Waals surface area contributed by atoms with Gasteiger partial charge in [0.05, 0.1) is 12.2 Å². The predicted molar refractivity (Wildman–Crippen MR) is 77.1 cm³/mol. The molecule has 0 aromatic carbocycles. The first kappa shape index (κ1) is 17.2. The summed E-state index contributed by atoms with van der Waals surface area (Å²) >= 11 is 0. The number of ether oxygens (including phenoxy) is 1. The highest BCUT2D eigenvalue weighted by atomic mass is 35.5. The maximum atomic E-state index is 6.16. The topological polar surface area (TPSA) is 21.3 Å². The highest BCUT2D eigenvalue weighted by molar-refractivity contribution is 5.85. The Morgan fingerprint density at radius 2 is 1.53 bits per heavy atom. The molecule has 1 N–H and O–H groups in total. The summed E-state index contributed by atoms with van der Waals surface area (Å²) in [5.41, 5.74) is 0.247. The molecule has 1 fully saturated rings. The molecule has 0 spiro atoms. The normalized spacial score (nSPS) is 27.5. The van der Waals surface area contributed by atoms with Crippen molar-refractivity contribution in [3.05, 3.63) is 0 Å².